The standard InChI is InChI=1S/C15H20N2O/c1-4-5-11-6-8-12(9-7-11)10-13-15(2,3)14(18)17-16-13/h6-10,16H,4-5H2,1-3H3,(H,17,18)/b13-10-. The summed E-state index contributed by atoms with van der Waals surface area (Å²) in [6, 6.07) is 8.48. The monoisotopic (exact) mass is 244 g/mol. The average molecular weight is 244 g/mol. The van der Waals surface area contributed by atoms with Gasteiger partial charge in [-0.3, -0.25) is 10.2 Å². The van der Waals surface area contributed by atoms with Crippen LogP contribution < -0.4 is 10.9 Å². The molecule has 3 heteroatoms. The highest BCUT2D eigenvalue weighted by atomic mass is 16.2. The molecule has 18 heavy (non-hydrogen) atoms. The number of carbonyl (C=O) groups excluding carboxylic acids is 1. The van der Waals surface area contributed by atoms with E-state index >= 15 is 0 Å². The molecule has 0 radical (unpaired) electrons. The van der Waals surface area contributed by atoms with Gasteiger partial charge in [0.1, 0.15) is 0 Å². The van der Waals surface area contributed by atoms with Crippen LogP contribution in [0.1, 0.15) is 38.3 Å². The molecule has 96 valence electrons. The number of hydrogen-bond donors (Lipinski definition) is 2. The van der Waals surface area contributed by atoms with E-state index in [9.17, 15) is 4.79 Å². The second kappa shape index (κ2) is 4.84. The fourth-order valence-corrected chi connectivity index (χ4v) is 2.01. The Hall–Kier alpha value is -1.77. The molecule has 1 aromatic carbocycles. The van der Waals surface area contributed by atoms with Crippen LogP contribution in [-0.4, -0.2) is 5.91 Å². The smallest absolute Gasteiger partial charge is 0.249 e. The lowest BCUT2D eigenvalue weighted by Crippen LogP contribution is -2.28. The van der Waals surface area contributed by atoms with Gasteiger partial charge in [-0.2, -0.15) is 0 Å². The first-order chi connectivity index (χ1) is 8.54. The van der Waals surface area contributed by atoms with Gasteiger partial charge in [-0.25, -0.2) is 0 Å². The quantitative estimate of drug-likeness (QED) is 0.858. The highest BCUT2D eigenvalue weighted by Crippen LogP contribution is 2.29. The Morgan fingerprint density at radius 2 is 1.83 bits per heavy atom. The van der Waals surface area contributed by atoms with Gasteiger partial charge in [-0.15, -0.1) is 0 Å². The molecular formula is C15H20N2O. The lowest BCUT2D eigenvalue weighted by atomic mass is 9.89. The van der Waals surface area contributed by atoms with Crippen molar-refractivity contribution >= 4 is 12.0 Å². The summed E-state index contributed by atoms with van der Waals surface area (Å²) < 4.78 is 0. The summed E-state index contributed by atoms with van der Waals surface area (Å²) in [6.45, 7) is 6.01. The Labute approximate surface area is 108 Å². The number of hydrazine groups is 1. The van der Waals surface area contributed by atoms with Crippen LogP contribution in [0.25, 0.3) is 6.08 Å². The summed E-state index contributed by atoms with van der Waals surface area (Å²) in [7, 11) is 0. The molecule has 0 atom stereocenters. The topological polar surface area (TPSA) is 41.1 Å². The number of carbonyl (C=O) groups is 1. The number of amides is 1. The Kier molecular flexibility index (Phi) is 3.41. The van der Waals surface area contributed by atoms with Gasteiger partial charge in [-0.1, -0.05) is 37.6 Å². The molecule has 1 fully saturated rings. The van der Waals surface area contributed by atoms with Crippen molar-refractivity contribution in [2.24, 2.45) is 5.41 Å². The normalized spacial score (nSPS) is 19.7. The van der Waals surface area contributed by atoms with Gasteiger partial charge in [0.15, 0.2) is 0 Å². The van der Waals surface area contributed by atoms with E-state index in [4.69, 9.17) is 0 Å². The SMILES string of the molecule is CCCc1ccc(/C=C2\NNC(=O)C2(C)C)cc1. The van der Waals surface area contributed by atoms with E-state index in [1.165, 1.54) is 5.56 Å². The first-order valence-electron chi connectivity index (χ1n) is 6.41. The van der Waals surface area contributed by atoms with Gasteiger partial charge in [-0.05, 0) is 37.5 Å². The zero-order chi connectivity index (χ0) is 13.2. The predicted molar refractivity (Wildman–Crippen MR) is 73.5 cm³/mol. The fourth-order valence-electron chi connectivity index (χ4n) is 2.01. The molecule has 1 saturated heterocycles. The van der Waals surface area contributed by atoms with Crippen LogP contribution in [0.3, 0.4) is 0 Å². The minimum atomic E-state index is -0.484. The third-order valence-corrected chi connectivity index (χ3v) is 3.38. The lowest BCUT2D eigenvalue weighted by molar-refractivity contribution is -0.125. The minimum absolute atomic E-state index is 0.0105. The molecule has 3 nitrogen and oxygen atoms in total. The van der Waals surface area contributed by atoms with Gasteiger partial charge in [0, 0.05) is 5.70 Å². The Balaban J connectivity index is 2.20. The average Bonchev–Trinajstić information content (AvgIpc) is 2.59. The van der Waals surface area contributed by atoms with Crippen molar-refractivity contribution in [3.8, 4) is 0 Å². The summed E-state index contributed by atoms with van der Waals surface area (Å²) in [5.41, 5.74) is 8.50. The summed E-state index contributed by atoms with van der Waals surface area (Å²) in [4.78, 5) is 11.6. The molecule has 2 N–H and O–H groups in total. The molecule has 0 unspecified atom stereocenters. The number of nitrogens with one attached hydrogen (secondary N) is 2. The zero-order valence-electron chi connectivity index (χ0n) is 11.2. The van der Waals surface area contributed by atoms with Crippen molar-refractivity contribution in [3.63, 3.8) is 0 Å². The van der Waals surface area contributed by atoms with E-state index in [2.05, 4.69) is 42.0 Å². The van der Waals surface area contributed by atoms with Crippen molar-refractivity contribution in [1.82, 2.24) is 10.9 Å². The molecule has 0 saturated carbocycles. The van der Waals surface area contributed by atoms with Gasteiger partial charge in [0.05, 0.1) is 5.41 Å². The molecular weight excluding hydrogens is 224 g/mol. The molecule has 0 aliphatic carbocycles. The van der Waals surface area contributed by atoms with E-state index in [1.54, 1.807) is 0 Å². The summed E-state index contributed by atoms with van der Waals surface area (Å²) >= 11 is 0. The predicted octanol–water partition coefficient (Wildman–Crippen LogP) is 2.64. The van der Waals surface area contributed by atoms with Crippen LogP contribution in [0.2, 0.25) is 0 Å². The van der Waals surface area contributed by atoms with E-state index in [-0.39, 0.29) is 5.91 Å². The lowest BCUT2D eigenvalue weighted by Gasteiger charge is -2.14. The third-order valence-electron chi connectivity index (χ3n) is 3.38. The second-order valence-electron chi connectivity index (χ2n) is 5.25. The summed E-state index contributed by atoms with van der Waals surface area (Å²) in [5, 5.41) is 0. The number of rotatable bonds is 3. The molecule has 1 heterocycles. The zero-order valence-corrected chi connectivity index (χ0v) is 11.2. The largest absolute Gasteiger partial charge is 0.302 e. The first kappa shape index (κ1) is 12.7. The van der Waals surface area contributed by atoms with Crippen LogP contribution >= 0.6 is 0 Å². The van der Waals surface area contributed by atoms with Crippen molar-refractivity contribution in [2.75, 3.05) is 0 Å². The van der Waals surface area contributed by atoms with Crippen molar-refractivity contribution < 1.29 is 4.79 Å². The Bertz CT molecular complexity index is 472. The molecule has 1 amide bonds. The maximum absolute atomic E-state index is 11.6. The van der Waals surface area contributed by atoms with E-state index < -0.39 is 5.41 Å². The maximum atomic E-state index is 11.6. The number of benzene rings is 1. The second-order valence-corrected chi connectivity index (χ2v) is 5.25. The molecule has 2 rings (SSSR count). The summed E-state index contributed by atoms with van der Waals surface area (Å²) in [6.07, 6.45) is 4.29. The van der Waals surface area contributed by atoms with Crippen LogP contribution in [0.4, 0.5) is 0 Å². The minimum Gasteiger partial charge on any atom is -0.302 e. The van der Waals surface area contributed by atoms with Crippen LogP contribution in [0.15, 0.2) is 30.0 Å². The van der Waals surface area contributed by atoms with Crippen molar-refractivity contribution in [2.45, 2.75) is 33.6 Å². The third kappa shape index (κ3) is 2.40. The van der Waals surface area contributed by atoms with Crippen molar-refractivity contribution in [3.05, 3.63) is 41.1 Å². The Morgan fingerprint density at radius 1 is 1.17 bits per heavy atom. The summed E-state index contributed by atoms with van der Waals surface area (Å²) in [5.74, 6) is 0.0105. The highest BCUT2D eigenvalue weighted by Gasteiger charge is 2.37. The van der Waals surface area contributed by atoms with Crippen LogP contribution in [0.5, 0.6) is 0 Å². The first-order valence-corrected chi connectivity index (χ1v) is 6.41. The van der Waals surface area contributed by atoms with E-state index in [0.717, 1.165) is 24.1 Å². The molecule has 0 spiro atoms. The van der Waals surface area contributed by atoms with Gasteiger partial charge in [0.25, 0.3) is 0 Å². The fraction of sp³-hybridized carbons (Fsp3) is 0.400. The van der Waals surface area contributed by atoms with Crippen LogP contribution in [-0.2, 0) is 11.2 Å². The molecule has 1 aromatic rings. The van der Waals surface area contributed by atoms with E-state index in [1.807, 2.05) is 19.9 Å². The highest BCUT2D eigenvalue weighted by molar-refractivity contribution is 5.89. The number of hydrogen-bond acceptors (Lipinski definition) is 2. The Morgan fingerprint density at radius 3 is 2.33 bits per heavy atom. The number of aryl methyl sites for hydroxylation is 1. The van der Waals surface area contributed by atoms with Gasteiger partial charge >= 0.3 is 0 Å². The molecule has 0 aromatic heterocycles. The maximum Gasteiger partial charge on any atom is 0.249 e. The van der Waals surface area contributed by atoms with Gasteiger partial charge < -0.3 is 5.43 Å². The van der Waals surface area contributed by atoms with E-state index in [0.29, 0.717) is 0 Å². The molecule has 1 aliphatic heterocycles. The molecule has 0 bridgehead atoms. The van der Waals surface area contributed by atoms with Crippen molar-refractivity contribution in [1.29, 1.82) is 0 Å². The molecule has 1 aliphatic rings. The van der Waals surface area contributed by atoms with Gasteiger partial charge in [0.2, 0.25) is 5.91 Å². The van der Waals surface area contributed by atoms with Crippen LogP contribution in [0, 0.1) is 5.41 Å².